The lowest BCUT2D eigenvalue weighted by molar-refractivity contribution is 0.0719. The molecule has 0 aliphatic carbocycles. The Morgan fingerprint density at radius 2 is 2.15 bits per heavy atom. The van der Waals surface area contributed by atoms with E-state index in [1.54, 1.807) is 0 Å². The molecular weight excluding hydrogens is 270 g/mol. The molecule has 1 atom stereocenters. The highest BCUT2D eigenvalue weighted by atomic mass is 35.5. The molecule has 0 spiro atoms. The van der Waals surface area contributed by atoms with Gasteiger partial charge in [0.05, 0.1) is 0 Å². The zero-order valence-corrected chi connectivity index (χ0v) is 12.3. The van der Waals surface area contributed by atoms with Crippen LogP contribution in [0, 0.1) is 5.92 Å². The van der Waals surface area contributed by atoms with Crippen molar-refractivity contribution in [3.63, 3.8) is 0 Å². The molecule has 2 aromatic rings. The molecule has 3 nitrogen and oxygen atoms in total. The highest BCUT2D eigenvalue weighted by molar-refractivity contribution is 6.35. The smallest absolute Gasteiger partial charge is 0.0499 e. The lowest BCUT2D eigenvalue weighted by Crippen LogP contribution is -2.55. The Labute approximate surface area is 124 Å². The number of H-pyrrole nitrogens is 1. The van der Waals surface area contributed by atoms with E-state index in [-0.39, 0.29) is 0 Å². The van der Waals surface area contributed by atoms with Crippen molar-refractivity contribution in [2.45, 2.75) is 25.4 Å². The minimum atomic E-state index is 0.652. The zero-order chi connectivity index (χ0) is 13.5. The third kappa shape index (κ3) is 2.24. The summed E-state index contributed by atoms with van der Waals surface area (Å²) in [5.41, 5.74) is 2.35. The van der Waals surface area contributed by atoms with Crippen LogP contribution in [0.2, 0.25) is 5.02 Å². The molecule has 3 aliphatic heterocycles. The van der Waals surface area contributed by atoms with E-state index in [1.807, 2.05) is 12.1 Å². The van der Waals surface area contributed by atoms with Gasteiger partial charge in [0.15, 0.2) is 0 Å². The number of piperidine rings is 3. The predicted octanol–water partition coefficient (Wildman–Crippen LogP) is 3.01. The van der Waals surface area contributed by atoms with Crippen molar-refractivity contribution in [1.82, 2.24) is 15.2 Å². The third-order valence-electron chi connectivity index (χ3n) is 4.88. The van der Waals surface area contributed by atoms with E-state index < -0.39 is 0 Å². The maximum Gasteiger partial charge on any atom is 0.0499 e. The first-order valence-electron chi connectivity index (χ1n) is 7.51. The van der Waals surface area contributed by atoms with Gasteiger partial charge in [0, 0.05) is 40.8 Å². The Balaban J connectivity index is 1.47. The normalized spacial score (nSPS) is 29.1. The number of benzene rings is 1. The Morgan fingerprint density at radius 1 is 1.30 bits per heavy atom. The van der Waals surface area contributed by atoms with Gasteiger partial charge in [-0.1, -0.05) is 17.7 Å². The van der Waals surface area contributed by atoms with Crippen molar-refractivity contribution in [3.05, 3.63) is 35.0 Å². The molecule has 106 valence electrons. The van der Waals surface area contributed by atoms with Crippen molar-refractivity contribution >= 4 is 22.5 Å². The first-order valence-corrected chi connectivity index (χ1v) is 7.89. The summed E-state index contributed by atoms with van der Waals surface area (Å²) in [5, 5.41) is 5.69. The van der Waals surface area contributed by atoms with Crippen LogP contribution < -0.4 is 5.32 Å². The average molecular weight is 290 g/mol. The minimum Gasteiger partial charge on any atom is -0.357 e. The van der Waals surface area contributed by atoms with E-state index in [2.05, 4.69) is 27.3 Å². The summed E-state index contributed by atoms with van der Waals surface area (Å²) in [6, 6.07) is 8.85. The molecule has 0 radical (unpaired) electrons. The third-order valence-corrected chi connectivity index (χ3v) is 5.21. The van der Waals surface area contributed by atoms with E-state index in [4.69, 9.17) is 11.6 Å². The number of aromatic amines is 1. The van der Waals surface area contributed by atoms with E-state index in [1.165, 1.54) is 38.2 Å². The summed E-state index contributed by atoms with van der Waals surface area (Å²) in [6.07, 6.45) is 2.71. The second-order valence-electron chi connectivity index (χ2n) is 6.12. The van der Waals surface area contributed by atoms with Crippen LogP contribution in [0.1, 0.15) is 18.5 Å². The number of nitrogens with one attached hydrogen (secondary N) is 2. The number of halogens is 1. The summed E-state index contributed by atoms with van der Waals surface area (Å²) in [7, 11) is 0. The van der Waals surface area contributed by atoms with Crippen LogP contribution in [0.4, 0.5) is 0 Å². The molecule has 3 aliphatic rings. The van der Waals surface area contributed by atoms with Crippen molar-refractivity contribution in [2.75, 3.05) is 19.6 Å². The van der Waals surface area contributed by atoms with Gasteiger partial charge in [0.25, 0.3) is 0 Å². The minimum absolute atomic E-state index is 0.652. The lowest BCUT2D eigenvalue weighted by atomic mass is 9.84. The number of aromatic nitrogens is 1. The van der Waals surface area contributed by atoms with Crippen molar-refractivity contribution in [3.8, 4) is 0 Å². The van der Waals surface area contributed by atoms with Gasteiger partial charge in [-0.2, -0.15) is 0 Å². The molecule has 2 bridgehead atoms. The first kappa shape index (κ1) is 12.7. The summed E-state index contributed by atoms with van der Waals surface area (Å²) >= 11 is 6.22. The summed E-state index contributed by atoms with van der Waals surface area (Å²) in [4.78, 5) is 6.04. The molecule has 1 aromatic carbocycles. The maximum absolute atomic E-state index is 6.22. The topological polar surface area (TPSA) is 31.1 Å². The molecule has 5 rings (SSSR count). The van der Waals surface area contributed by atoms with Crippen molar-refractivity contribution in [1.29, 1.82) is 0 Å². The van der Waals surface area contributed by atoms with Crippen LogP contribution in [0.5, 0.6) is 0 Å². The molecule has 0 saturated carbocycles. The number of hydrogen-bond donors (Lipinski definition) is 2. The molecule has 3 saturated heterocycles. The second kappa shape index (κ2) is 5.06. The van der Waals surface area contributed by atoms with E-state index >= 15 is 0 Å². The van der Waals surface area contributed by atoms with Gasteiger partial charge in [0.2, 0.25) is 0 Å². The fourth-order valence-electron chi connectivity index (χ4n) is 3.71. The molecule has 4 heterocycles. The van der Waals surface area contributed by atoms with Crippen LogP contribution in [0.15, 0.2) is 24.3 Å². The van der Waals surface area contributed by atoms with Gasteiger partial charge in [-0.15, -0.1) is 0 Å². The van der Waals surface area contributed by atoms with E-state index in [9.17, 15) is 0 Å². The average Bonchev–Trinajstić information content (AvgIpc) is 2.91. The van der Waals surface area contributed by atoms with Crippen LogP contribution in [-0.4, -0.2) is 35.6 Å². The molecule has 3 fully saturated rings. The first-order chi connectivity index (χ1) is 9.79. The summed E-state index contributed by atoms with van der Waals surface area (Å²) < 4.78 is 0. The molecule has 20 heavy (non-hydrogen) atoms. The fourth-order valence-corrected chi connectivity index (χ4v) is 3.94. The SMILES string of the molecule is Clc1cccc2[nH]c(CNC3CN4CCC3CC4)cc12. The van der Waals surface area contributed by atoms with Gasteiger partial charge in [0.1, 0.15) is 0 Å². The monoisotopic (exact) mass is 289 g/mol. The summed E-state index contributed by atoms with van der Waals surface area (Å²) in [5.74, 6) is 0.868. The number of hydrogen-bond acceptors (Lipinski definition) is 2. The molecule has 1 unspecified atom stereocenters. The quantitative estimate of drug-likeness (QED) is 0.910. The van der Waals surface area contributed by atoms with Crippen LogP contribution in [-0.2, 0) is 6.54 Å². The van der Waals surface area contributed by atoms with Crippen LogP contribution >= 0.6 is 11.6 Å². The fraction of sp³-hybridized carbons (Fsp3) is 0.500. The Bertz CT molecular complexity index is 613. The van der Waals surface area contributed by atoms with Gasteiger partial charge in [-0.25, -0.2) is 0 Å². The molecule has 0 amide bonds. The molecular formula is C16H20ClN3. The Hall–Kier alpha value is -1.03. The van der Waals surface area contributed by atoms with Gasteiger partial charge < -0.3 is 15.2 Å². The van der Waals surface area contributed by atoms with E-state index in [0.717, 1.165) is 28.4 Å². The maximum atomic E-state index is 6.22. The van der Waals surface area contributed by atoms with Crippen molar-refractivity contribution in [2.24, 2.45) is 5.92 Å². The lowest BCUT2D eigenvalue weighted by Gasteiger charge is -2.45. The van der Waals surface area contributed by atoms with Gasteiger partial charge >= 0.3 is 0 Å². The zero-order valence-electron chi connectivity index (χ0n) is 11.5. The van der Waals surface area contributed by atoms with E-state index in [0.29, 0.717) is 6.04 Å². The molecule has 4 heteroatoms. The number of fused-ring (bicyclic) bond motifs is 4. The molecule has 1 aromatic heterocycles. The highest BCUT2D eigenvalue weighted by Crippen LogP contribution is 2.28. The second-order valence-corrected chi connectivity index (χ2v) is 6.53. The van der Waals surface area contributed by atoms with Gasteiger partial charge in [-0.05, 0) is 50.0 Å². The van der Waals surface area contributed by atoms with Gasteiger partial charge in [-0.3, -0.25) is 0 Å². The van der Waals surface area contributed by atoms with Crippen LogP contribution in [0.3, 0.4) is 0 Å². The van der Waals surface area contributed by atoms with Crippen LogP contribution in [0.25, 0.3) is 10.9 Å². The highest BCUT2D eigenvalue weighted by Gasteiger charge is 2.33. The largest absolute Gasteiger partial charge is 0.357 e. The summed E-state index contributed by atoms with van der Waals surface area (Å²) in [6.45, 7) is 4.71. The number of nitrogens with zero attached hydrogens (tertiary/aromatic N) is 1. The molecule has 2 N–H and O–H groups in total. The standard InChI is InChI=1S/C16H20ClN3/c17-14-2-1-3-15-13(14)8-12(19-15)9-18-16-10-20-6-4-11(16)5-7-20/h1-3,8,11,16,18-19H,4-7,9-10H2. The number of rotatable bonds is 3. The van der Waals surface area contributed by atoms with Crippen molar-refractivity contribution < 1.29 is 0 Å². The Kier molecular flexibility index (Phi) is 3.21. The Morgan fingerprint density at radius 3 is 2.85 bits per heavy atom. The predicted molar refractivity (Wildman–Crippen MR) is 83.1 cm³/mol.